The maximum absolute atomic E-state index is 14.9. The highest BCUT2D eigenvalue weighted by Gasteiger charge is 2.49. The first kappa shape index (κ1) is 28.3. The molecule has 2 aliphatic rings. The van der Waals surface area contributed by atoms with Crippen molar-refractivity contribution in [2.24, 2.45) is 11.8 Å². The largest absolute Gasteiger partial charge is 0.456 e. The normalized spacial score (nSPS) is 20.9. The summed E-state index contributed by atoms with van der Waals surface area (Å²) in [5.41, 5.74) is 3.07. The molecule has 0 bridgehead atoms. The van der Waals surface area contributed by atoms with Crippen molar-refractivity contribution in [3.63, 3.8) is 0 Å². The molecule has 0 radical (unpaired) electrons. The van der Waals surface area contributed by atoms with Crippen LogP contribution in [-0.4, -0.2) is 30.4 Å². The summed E-state index contributed by atoms with van der Waals surface area (Å²) in [4.78, 5) is 26.8. The van der Waals surface area contributed by atoms with Gasteiger partial charge in [-0.25, -0.2) is 8.78 Å². The molecule has 40 heavy (non-hydrogen) atoms. The molecule has 2 aliphatic carbocycles. The van der Waals surface area contributed by atoms with Gasteiger partial charge in [-0.3, -0.25) is 9.59 Å². The fraction of sp³-hybridized carbons (Fsp3) is 0.471. The molecule has 0 N–H and O–H groups in total. The van der Waals surface area contributed by atoms with Crippen LogP contribution in [0.3, 0.4) is 0 Å². The summed E-state index contributed by atoms with van der Waals surface area (Å²) in [5, 5.41) is 2.28. The molecule has 3 aromatic carbocycles. The number of benzene rings is 3. The number of fused-ring (bicyclic) bond motifs is 1. The van der Waals surface area contributed by atoms with Gasteiger partial charge in [0.2, 0.25) is 5.91 Å². The first-order valence-corrected chi connectivity index (χ1v) is 14.7. The number of nitrogens with zero attached hydrogens (tertiary/aromatic N) is 1. The van der Waals surface area contributed by atoms with E-state index in [0.29, 0.717) is 13.0 Å². The van der Waals surface area contributed by atoms with E-state index in [0.717, 1.165) is 41.3 Å². The zero-order valence-corrected chi connectivity index (χ0v) is 23.3. The van der Waals surface area contributed by atoms with Gasteiger partial charge >= 0.3 is 5.97 Å². The summed E-state index contributed by atoms with van der Waals surface area (Å²) in [7, 11) is 0. The van der Waals surface area contributed by atoms with Gasteiger partial charge in [0.05, 0.1) is 0 Å². The lowest BCUT2D eigenvalue weighted by molar-refractivity contribution is -0.185. The minimum Gasteiger partial charge on any atom is -0.456 e. The van der Waals surface area contributed by atoms with Crippen molar-refractivity contribution < 1.29 is 23.1 Å². The fourth-order valence-corrected chi connectivity index (χ4v) is 6.42. The average Bonchev–Trinajstić information content (AvgIpc) is 3.47. The van der Waals surface area contributed by atoms with Gasteiger partial charge in [0, 0.05) is 31.5 Å². The number of ether oxygens (including phenoxy) is 1. The Balaban J connectivity index is 1.32. The van der Waals surface area contributed by atoms with Crippen LogP contribution in [-0.2, 0) is 27.2 Å². The van der Waals surface area contributed by atoms with E-state index in [2.05, 4.69) is 42.5 Å². The SMILES string of the molecule is CC(=O)O[C@H]1CC[C@@H](C(=O)N(CCc2ccc3ccccc3c2)c2ccc(CCC3CCCC3)cc2)CC1(F)F. The maximum atomic E-state index is 14.9. The van der Waals surface area contributed by atoms with Crippen molar-refractivity contribution >= 4 is 28.3 Å². The number of alkyl halides is 2. The van der Waals surface area contributed by atoms with Crippen LogP contribution in [0.1, 0.15) is 69.4 Å². The lowest BCUT2D eigenvalue weighted by Crippen LogP contribution is -2.48. The van der Waals surface area contributed by atoms with E-state index in [1.165, 1.54) is 37.7 Å². The van der Waals surface area contributed by atoms with Crippen LogP contribution in [0, 0.1) is 11.8 Å². The van der Waals surface area contributed by atoms with E-state index in [4.69, 9.17) is 4.74 Å². The van der Waals surface area contributed by atoms with Gasteiger partial charge in [-0.15, -0.1) is 0 Å². The standard InChI is InChI=1S/C34H39F2NO3/c1-24(38)40-32-19-16-30(23-34(32,35)36)33(39)37(21-20-27-12-15-28-8-4-5-9-29(28)22-27)31-17-13-26(14-18-31)11-10-25-6-2-3-7-25/h4-5,8-9,12-15,17-18,22,25,30,32H,2-3,6-7,10-11,16,19-21,23H2,1H3/t30-,32+/m1/s1. The Bertz CT molecular complexity index is 1320. The molecule has 5 rings (SSSR count). The summed E-state index contributed by atoms with van der Waals surface area (Å²) in [6, 6.07) is 22.5. The molecule has 2 saturated carbocycles. The molecule has 0 heterocycles. The topological polar surface area (TPSA) is 46.6 Å². The molecule has 2 fully saturated rings. The Hall–Kier alpha value is -3.28. The number of hydrogen-bond donors (Lipinski definition) is 0. The number of carbonyl (C=O) groups excluding carboxylic acids is 2. The lowest BCUT2D eigenvalue weighted by Gasteiger charge is -2.36. The van der Waals surface area contributed by atoms with Gasteiger partial charge in [-0.1, -0.05) is 80.3 Å². The highest BCUT2D eigenvalue weighted by atomic mass is 19.3. The first-order chi connectivity index (χ1) is 19.3. The van der Waals surface area contributed by atoms with E-state index in [-0.39, 0.29) is 18.7 Å². The minimum absolute atomic E-state index is 0.0262. The van der Waals surface area contributed by atoms with Crippen LogP contribution >= 0.6 is 0 Å². The van der Waals surface area contributed by atoms with E-state index in [9.17, 15) is 18.4 Å². The highest BCUT2D eigenvalue weighted by Crippen LogP contribution is 2.40. The van der Waals surface area contributed by atoms with Gasteiger partial charge in [-0.05, 0) is 72.1 Å². The molecule has 0 spiro atoms. The molecule has 4 nitrogen and oxygen atoms in total. The summed E-state index contributed by atoms with van der Waals surface area (Å²) in [5.74, 6) is -4.28. The summed E-state index contributed by atoms with van der Waals surface area (Å²) < 4.78 is 34.7. The van der Waals surface area contributed by atoms with E-state index in [1.54, 1.807) is 4.90 Å². The van der Waals surface area contributed by atoms with Crippen LogP contribution in [0.5, 0.6) is 0 Å². The van der Waals surface area contributed by atoms with Crippen molar-refractivity contribution in [3.8, 4) is 0 Å². The molecule has 3 aromatic rings. The Morgan fingerprint density at radius 2 is 1.57 bits per heavy atom. The third kappa shape index (κ3) is 6.89. The predicted molar refractivity (Wildman–Crippen MR) is 155 cm³/mol. The van der Waals surface area contributed by atoms with Crippen LogP contribution in [0.4, 0.5) is 14.5 Å². The van der Waals surface area contributed by atoms with Gasteiger partial charge in [0.1, 0.15) is 0 Å². The molecule has 0 saturated heterocycles. The Morgan fingerprint density at radius 1 is 0.875 bits per heavy atom. The second-order valence-corrected chi connectivity index (χ2v) is 11.6. The first-order valence-electron chi connectivity index (χ1n) is 14.7. The van der Waals surface area contributed by atoms with Crippen molar-refractivity contribution in [3.05, 3.63) is 77.9 Å². The van der Waals surface area contributed by atoms with E-state index < -0.39 is 30.3 Å². The van der Waals surface area contributed by atoms with Gasteiger partial charge in [0.25, 0.3) is 5.92 Å². The molecule has 0 aromatic heterocycles. The molecule has 2 atom stereocenters. The Labute approximate surface area is 235 Å². The predicted octanol–water partition coefficient (Wildman–Crippen LogP) is 7.91. The maximum Gasteiger partial charge on any atom is 0.303 e. The quantitative estimate of drug-likeness (QED) is 0.256. The molecular formula is C34H39F2NO3. The van der Waals surface area contributed by atoms with Crippen molar-refractivity contribution in [1.29, 1.82) is 0 Å². The summed E-state index contributed by atoms with van der Waals surface area (Å²) in [6.07, 6.45) is 6.26. The number of anilines is 1. The number of carbonyl (C=O) groups is 2. The number of aryl methyl sites for hydroxylation is 1. The second kappa shape index (κ2) is 12.5. The third-order valence-electron chi connectivity index (χ3n) is 8.69. The molecule has 0 aliphatic heterocycles. The Morgan fingerprint density at radius 3 is 2.27 bits per heavy atom. The molecule has 6 heteroatoms. The highest BCUT2D eigenvalue weighted by molar-refractivity contribution is 5.95. The average molecular weight is 548 g/mol. The van der Waals surface area contributed by atoms with Gasteiger partial charge < -0.3 is 9.64 Å². The molecule has 1 amide bonds. The van der Waals surface area contributed by atoms with Crippen molar-refractivity contribution in [2.45, 2.75) is 83.2 Å². The third-order valence-corrected chi connectivity index (χ3v) is 8.69. The van der Waals surface area contributed by atoms with Crippen LogP contribution in [0.25, 0.3) is 10.8 Å². The second-order valence-electron chi connectivity index (χ2n) is 11.6. The smallest absolute Gasteiger partial charge is 0.303 e. The zero-order chi connectivity index (χ0) is 28.1. The number of halogens is 2. The van der Waals surface area contributed by atoms with Crippen molar-refractivity contribution in [1.82, 2.24) is 0 Å². The van der Waals surface area contributed by atoms with Crippen LogP contribution < -0.4 is 4.90 Å². The van der Waals surface area contributed by atoms with E-state index >= 15 is 0 Å². The Kier molecular flexibility index (Phi) is 8.82. The van der Waals surface area contributed by atoms with Gasteiger partial charge in [0.15, 0.2) is 6.10 Å². The van der Waals surface area contributed by atoms with Crippen molar-refractivity contribution in [2.75, 3.05) is 11.4 Å². The van der Waals surface area contributed by atoms with E-state index in [1.807, 2.05) is 24.3 Å². The summed E-state index contributed by atoms with van der Waals surface area (Å²) in [6.45, 7) is 1.54. The number of hydrogen-bond acceptors (Lipinski definition) is 3. The zero-order valence-electron chi connectivity index (χ0n) is 23.3. The minimum atomic E-state index is -3.24. The number of amides is 1. The lowest BCUT2D eigenvalue weighted by atomic mass is 9.83. The van der Waals surface area contributed by atoms with Gasteiger partial charge in [-0.2, -0.15) is 0 Å². The monoisotopic (exact) mass is 547 g/mol. The molecular weight excluding hydrogens is 508 g/mol. The van der Waals surface area contributed by atoms with Crippen LogP contribution in [0.2, 0.25) is 0 Å². The number of esters is 1. The van der Waals surface area contributed by atoms with Crippen LogP contribution in [0.15, 0.2) is 66.7 Å². The molecule has 212 valence electrons. The number of rotatable bonds is 9. The fourth-order valence-electron chi connectivity index (χ4n) is 6.42. The molecule has 0 unspecified atom stereocenters. The summed E-state index contributed by atoms with van der Waals surface area (Å²) >= 11 is 0.